The van der Waals surface area contributed by atoms with Crippen LogP contribution in [0.1, 0.15) is 6.92 Å². The average molecular weight is 344 g/mol. The minimum Gasteiger partial charge on any atom is -0.492 e. The van der Waals surface area contributed by atoms with Crippen molar-refractivity contribution in [2.45, 2.75) is 6.92 Å². The van der Waals surface area contributed by atoms with Gasteiger partial charge >= 0.3 is 0 Å². The molecule has 6 heteroatoms. The summed E-state index contributed by atoms with van der Waals surface area (Å²) in [6, 6.07) is 14.8. The van der Waals surface area contributed by atoms with Gasteiger partial charge in [-0.1, -0.05) is 12.1 Å². The number of carbonyl (C=O) groups is 1. The van der Waals surface area contributed by atoms with Crippen molar-refractivity contribution < 1.29 is 19.0 Å². The molecule has 25 heavy (non-hydrogen) atoms. The van der Waals surface area contributed by atoms with Crippen molar-refractivity contribution in [3.05, 3.63) is 48.5 Å². The van der Waals surface area contributed by atoms with E-state index in [1.165, 1.54) is 0 Å². The highest BCUT2D eigenvalue weighted by Gasteiger charge is 2.07. The predicted octanol–water partition coefficient (Wildman–Crippen LogP) is 3.16. The second kappa shape index (κ2) is 10.2. The highest BCUT2D eigenvalue weighted by atomic mass is 16.5. The van der Waals surface area contributed by atoms with Gasteiger partial charge in [0.15, 0.2) is 0 Å². The van der Waals surface area contributed by atoms with Crippen LogP contribution in [0.2, 0.25) is 0 Å². The zero-order valence-corrected chi connectivity index (χ0v) is 14.6. The summed E-state index contributed by atoms with van der Waals surface area (Å²) in [6.45, 7) is 3.66. The maximum Gasteiger partial charge on any atom is 0.243 e. The Balaban J connectivity index is 1.82. The standard InChI is InChI=1S/C19H24N2O4/c1-3-24-18-7-5-4-6-17(18)21-19(22)14-20-15-8-10-16(11-9-15)25-13-12-23-2/h4-11,20H,3,12-14H2,1-2H3,(H,21,22). The number of benzene rings is 2. The summed E-state index contributed by atoms with van der Waals surface area (Å²) in [6.07, 6.45) is 0. The molecule has 0 aliphatic rings. The fourth-order valence-corrected chi connectivity index (χ4v) is 2.14. The van der Waals surface area contributed by atoms with Gasteiger partial charge < -0.3 is 24.8 Å². The van der Waals surface area contributed by atoms with Gasteiger partial charge in [-0.25, -0.2) is 0 Å². The number of nitrogens with one attached hydrogen (secondary N) is 2. The fourth-order valence-electron chi connectivity index (χ4n) is 2.14. The molecule has 0 unspecified atom stereocenters. The Bertz CT molecular complexity index is 659. The zero-order valence-electron chi connectivity index (χ0n) is 14.6. The van der Waals surface area contributed by atoms with Crippen molar-refractivity contribution in [3.63, 3.8) is 0 Å². The number of ether oxygens (including phenoxy) is 3. The van der Waals surface area contributed by atoms with Crippen LogP contribution in [0, 0.1) is 0 Å². The lowest BCUT2D eigenvalue weighted by Gasteiger charge is -2.12. The molecule has 0 spiro atoms. The van der Waals surface area contributed by atoms with Crippen LogP contribution < -0.4 is 20.1 Å². The molecular weight excluding hydrogens is 320 g/mol. The van der Waals surface area contributed by atoms with Crippen LogP contribution in [0.15, 0.2) is 48.5 Å². The second-order valence-electron chi connectivity index (χ2n) is 5.20. The van der Waals surface area contributed by atoms with Crippen LogP contribution in [0.5, 0.6) is 11.5 Å². The van der Waals surface area contributed by atoms with Gasteiger partial charge in [0.05, 0.1) is 25.4 Å². The summed E-state index contributed by atoms with van der Waals surface area (Å²) in [5.41, 5.74) is 1.50. The Labute approximate surface area is 148 Å². The molecule has 0 aromatic heterocycles. The molecule has 2 rings (SSSR count). The lowest BCUT2D eigenvalue weighted by atomic mass is 10.3. The van der Waals surface area contributed by atoms with E-state index in [0.29, 0.717) is 31.3 Å². The molecule has 0 bridgehead atoms. The van der Waals surface area contributed by atoms with Crippen LogP contribution in [0.4, 0.5) is 11.4 Å². The van der Waals surface area contributed by atoms with Gasteiger partial charge in [0.25, 0.3) is 0 Å². The van der Waals surface area contributed by atoms with Crippen molar-refractivity contribution in [3.8, 4) is 11.5 Å². The monoisotopic (exact) mass is 344 g/mol. The minimum absolute atomic E-state index is 0.146. The molecular formula is C19H24N2O4. The maximum atomic E-state index is 12.1. The Morgan fingerprint density at radius 2 is 1.76 bits per heavy atom. The van der Waals surface area contributed by atoms with Crippen LogP contribution in [-0.4, -0.2) is 39.4 Å². The van der Waals surface area contributed by atoms with Crippen molar-refractivity contribution >= 4 is 17.3 Å². The maximum absolute atomic E-state index is 12.1. The summed E-state index contributed by atoms with van der Waals surface area (Å²) in [7, 11) is 1.63. The molecule has 0 fully saturated rings. The Kier molecular flexibility index (Phi) is 7.59. The van der Waals surface area contributed by atoms with Crippen molar-refractivity contribution in [2.75, 3.05) is 44.1 Å². The van der Waals surface area contributed by atoms with Crippen molar-refractivity contribution in [1.82, 2.24) is 0 Å². The zero-order chi connectivity index (χ0) is 17.9. The van der Waals surface area contributed by atoms with E-state index in [0.717, 1.165) is 11.4 Å². The van der Waals surface area contributed by atoms with Crippen molar-refractivity contribution in [2.24, 2.45) is 0 Å². The number of carbonyl (C=O) groups excluding carboxylic acids is 1. The molecule has 0 radical (unpaired) electrons. The number of rotatable bonds is 10. The van der Waals surface area contributed by atoms with Gasteiger partial charge in [0, 0.05) is 12.8 Å². The Morgan fingerprint density at radius 3 is 2.48 bits per heavy atom. The summed E-state index contributed by atoms with van der Waals surface area (Å²) in [5.74, 6) is 1.28. The third-order valence-corrected chi connectivity index (χ3v) is 3.32. The van der Waals surface area contributed by atoms with Crippen LogP contribution in [0.3, 0.4) is 0 Å². The molecule has 0 saturated heterocycles. The van der Waals surface area contributed by atoms with Crippen molar-refractivity contribution in [1.29, 1.82) is 0 Å². The molecule has 0 aliphatic carbocycles. The van der Waals surface area contributed by atoms with E-state index in [9.17, 15) is 4.79 Å². The molecule has 1 amide bonds. The average Bonchev–Trinajstić information content (AvgIpc) is 2.63. The van der Waals surface area contributed by atoms with Gasteiger partial charge in [0.2, 0.25) is 5.91 Å². The molecule has 134 valence electrons. The first-order chi connectivity index (χ1) is 12.2. The Hall–Kier alpha value is -2.73. The molecule has 0 heterocycles. The molecule has 2 N–H and O–H groups in total. The first-order valence-corrected chi connectivity index (χ1v) is 8.20. The second-order valence-corrected chi connectivity index (χ2v) is 5.20. The quantitative estimate of drug-likeness (QED) is 0.648. The number of amides is 1. The van der Waals surface area contributed by atoms with E-state index in [2.05, 4.69) is 10.6 Å². The van der Waals surface area contributed by atoms with Crippen LogP contribution in [0.25, 0.3) is 0 Å². The normalized spacial score (nSPS) is 10.2. The van der Waals surface area contributed by atoms with E-state index in [1.807, 2.05) is 55.5 Å². The lowest BCUT2D eigenvalue weighted by Crippen LogP contribution is -2.22. The minimum atomic E-state index is -0.146. The number of hydrogen-bond donors (Lipinski definition) is 2. The van der Waals surface area contributed by atoms with Crippen LogP contribution in [-0.2, 0) is 9.53 Å². The molecule has 2 aromatic carbocycles. The number of para-hydroxylation sites is 2. The van der Waals surface area contributed by atoms with E-state index in [1.54, 1.807) is 7.11 Å². The molecule has 0 atom stereocenters. The van der Waals surface area contributed by atoms with E-state index >= 15 is 0 Å². The van der Waals surface area contributed by atoms with Gasteiger partial charge in [-0.05, 0) is 43.3 Å². The third-order valence-electron chi connectivity index (χ3n) is 3.32. The first-order valence-electron chi connectivity index (χ1n) is 8.20. The summed E-state index contributed by atoms with van der Waals surface area (Å²) < 4.78 is 15.9. The highest BCUT2D eigenvalue weighted by Crippen LogP contribution is 2.23. The fraction of sp³-hybridized carbons (Fsp3) is 0.316. The van der Waals surface area contributed by atoms with Crippen LogP contribution >= 0.6 is 0 Å². The largest absolute Gasteiger partial charge is 0.492 e. The summed E-state index contributed by atoms with van der Waals surface area (Å²) in [4.78, 5) is 12.1. The molecule has 6 nitrogen and oxygen atoms in total. The third kappa shape index (κ3) is 6.35. The SMILES string of the molecule is CCOc1ccccc1NC(=O)CNc1ccc(OCCOC)cc1. The number of hydrogen-bond acceptors (Lipinski definition) is 5. The highest BCUT2D eigenvalue weighted by molar-refractivity contribution is 5.95. The lowest BCUT2D eigenvalue weighted by molar-refractivity contribution is -0.114. The van der Waals surface area contributed by atoms with E-state index < -0.39 is 0 Å². The van der Waals surface area contributed by atoms with Gasteiger partial charge in [-0.3, -0.25) is 4.79 Å². The molecule has 0 saturated carbocycles. The Morgan fingerprint density at radius 1 is 1.00 bits per heavy atom. The van der Waals surface area contributed by atoms with E-state index in [4.69, 9.17) is 14.2 Å². The molecule has 0 aliphatic heterocycles. The first kappa shape index (κ1) is 18.6. The molecule has 2 aromatic rings. The van der Waals surface area contributed by atoms with Gasteiger partial charge in [-0.2, -0.15) is 0 Å². The van der Waals surface area contributed by atoms with E-state index in [-0.39, 0.29) is 12.5 Å². The number of methoxy groups -OCH3 is 1. The predicted molar refractivity (Wildman–Crippen MR) is 98.5 cm³/mol. The summed E-state index contributed by atoms with van der Waals surface area (Å²) >= 11 is 0. The van der Waals surface area contributed by atoms with Gasteiger partial charge in [-0.15, -0.1) is 0 Å². The smallest absolute Gasteiger partial charge is 0.243 e. The van der Waals surface area contributed by atoms with Gasteiger partial charge in [0.1, 0.15) is 18.1 Å². The number of anilines is 2. The topological polar surface area (TPSA) is 68.8 Å². The summed E-state index contributed by atoms with van der Waals surface area (Å²) in [5, 5.41) is 5.92.